The number of nitrogens with zero attached hydrogens (tertiary/aromatic N) is 2. The van der Waals surface area contributed by atoms with E-state index in [2.05, 4.69) is 28.3 Å². The summed E-state index contributed by atoms with van der Waals surface area (Å²) in [6, 6.07) is 11.9. The first-order chi connectivity index (χ1) is 13.1. The number of rotatable bonds is 4. The van der Waals surface area contributed by atoms with Crippen molar-refractivity contribution in [2.24, 2.45) is 0 Å². The average Bonchev–Trinajstić information content (AvgIpc) is 3.32. The highest BCUT2D eigenvalue weighted by Crippen LogP contribution is 2.38. The summed E-state index contributed by atoms with van der Waals surface area (Å²) in [6.07, 6.45) is 5.15. The molecule has 134 valence electrons. The molecule has 4 nitrogen and oxygen atoms in total. The Balaban J connectivity index is 1.55. The van der Waals surface area contributed by atoms with E-state index in [0.717, 1.165) is 21.8 Å². The van der Waals surface area contributed by atoms with Gasteiger partial charge in [0, 0.05) is 40.1 Å². The number of benzene rings is 1. The van der Waals surface area contributed by atoms with E-state index in [0.29, 0.717) is 5.56 Å². The van der Waals surface area contributed by atoms with Crippen molar-refractivity contribution >= 4 is 34.3 Å². The molecule has 0 bridgehead atoms. The third-order valence-corrected chi connectivity index (χ3v) is 6.46. The molecule has 1 amide bonds. The van der Waals surface area contributed by atoms with Gasteiger partial charge < -0.3 is 5.32 Å². The van der Waals surface area contributed by atoms with Crippen molar-refractivity contribution in [3.63, 3.8) is 0 Å². The summed E-state index contributed by atoms with van der Waals surface area (Å²) in [5.74, 6) is -0.124. The predicted molar refractivity (Wildman–Crippen MR) is 113 cm³/mol. The highest BCUT2D eigenvalue weighted by molar-refractivity contribution is 7.23. The van der Waals surface area contributed by atoms with Crippen LogP contribution in [0, 0.1) is 13.8 Å². The fourth-order valence-electron chi connectivity index (χ4n) is 2.85. The Morgan fingerprint density at radius 2 is 1.85 bits per heavy atom. The molecule has 0 spiro atoms. The Kier molecular flexibility index (Phi) is 4.83. The van der Waals surface area contributed by atoms with Crippen molar-refractivity contribution in [3.8, 4) is 20.3 Å². The lowest BCUT2D eigenvalue weighted by Crippen LogP contribution is -2.13. The van der Waals surface area contributed by atoms with Gasteiger partial charge in [-0.25, -0.2) is 4.98 Å². The zero-order valence-corrected chi connectivity index (χ0v) is 16.5. The van der Waals surface area contributed by atoms with Crippen LogP contribution in [0.15, 0.2) is 60.4 Å². The van der Waals surface area contributed by atoms with Crippen molar-refractivity contribution in [2.75, 3.05) is 5.32 Å². The fourth-order valence-corrected chi connectivity index (χ4v) is 4.74. The first kappa shape index (κ1) is 17.6. The van der Waals surface area contributed by atoms with Gasteiger partial charge in [-0.15, -0.1) is 22.7 Å². The molecular weight excluding hydrogens is 374 g/mol. The monoisotopic (exact) mass is 391 g/mol. The minimum absolute atomic E-state index is 0.124. The lowest BCUT2D eigenvalue weighted by molar-refractivity contribution is 0.102. The molecule has 4 rings (SSSR count). The third-order valence-electron chi connectivity index (χ3n) is 4.23. The Labute approximate surface area is 165 Å². The molecule has 0 aliphatic carbocycles. The molecule has 0 aliphatic rings. The van der Waals surface area contributed by atoms with E-state index in [1.807, 2.05) is 42.8 Å². The first-order valence-electron chi connectivity index (χ1n) is 8.44. The van der Waals surface area contributed by atoms with E-state index in [4.69, 9.17) is 0 Å². The maximum absolute atomic E-state index is 12.4. The smallest absolute Gasteiger partial charge is 0.256 e. The minimum Gasteiger partial charge on any atom is -0.322 e. The summed E-state index contributed by atoms with van der Waals surface area (Å²) in [7, 11) is 0. The van der Waals surface area contributed by atoms with Crippen LogP contribution in [0.1, 0.15) is 21.5 Å². The zero-order valence-electron chi connectivity index (χ0n) is 14.9. The van der Waals surface area contributed by atoms with Crippen LogP contribution in [0.2, 0.25) is 0 Å². The molecule has 0 unspecified atom stereocenters. The van der Waals surface area contributed by atoms with Gasteiger partial charge in [0.05, 0.1) is 4.88 Å². The second kappa shape index (κ2) is 7.42. The van der Waals surface area contributed by atoms with Crippen molar-refractivity contribution in [1.82, 2.24) is 9.97 Å². The number of hydrogen-bond acceptors (Lipinski definition) is 5. The van der Waals surface area contributed by atoms with Crippen molar-refractivity contribution < 1.29 is 4.79 Å². The number of aryl methyl sites for hydroxylation is 2. The normalized spacial score (nSPS) is 10.7. The second-order valence-electron chi connectivity index (χ2n) is 6.18. The fraction of sp³-hybridized carbons (Fsp3) is 0.0952. The molecular formula is C21H17N3OS2. The van der Waals surface area contributed by atoms with Gasteiger partial charge in [0.1, 0.15) is 5.01 Å². The number of thiophene rings is 1. The topological polar surface area (TPSA) is 54.9 Å². The lowest BCUT2D eigenvalue weighted by atomic mass is 10.1. The van der Waals surface area contributed by atoms with Crippen LogP contribution in [-0.2, 0) is 0 Å². The molecule has 4 aromatic rings. The highest BCUT2D eigenvalue weighted by atomic mass is 32.1. The number of hydrogen-bond donors (Lipinski definition) is 1. The van der Waals surface area contributed by atoms with Crippen LogP contribution in [0.25, 0.3) is 20.3 Å². The van der Waals surface area contributed by atoms with Crippen LogP contribution in [0.4, 0.5) is 5.69 Å². The van der Waals surface area contributed by atoms with E-state index in [9.17, 15) is 4.79 Å². The number of aromatic nitrogens is 2. The van der Waals surface area contributed by atoms with Crippen LogP contribution < -0.4 is 5.32 Å². The molecule has 0 saturated heterocycles. The zero-order chi connectivity index (χ0) is 18.8. The molecule has 0 radical (unpaired) electrons. The van der Waals surface area contributed by atoms with Gasteiger partial charge in [-0.3, -0.25) is 9.78 Å². The highest BCUT2D eigenvalue weighted by Gasteiger charge is 2.12. The van der Waals surface area contributed by atoms with Crippen molar-refractivity contribution in [2.45, 2.75) is 13.8 Å². The lowest BCUT2D eigenvalue weighted by Gasteiger charge is -2.08. The maximum atomic E-state index is 12.4. The van der Waals surface area contributed by atoms with Gasteiger partial charge in [0.15, 0.2) is 0 Å². The van der Waals surface area contributed by atoms with Crippen LogP contribution in [0.3, 0.4) is 0 Å². The second-order valence-corrected chi connectivity index (χ2v) is 8.13. The summed E-state index contributed by atoms with van der Waals surface area (Å²) in [5, 5.41) is 5.99. The van der Waals surface area contributed by atoms with Crippen LogP contribution in [0.5, 0.6) is 0 Å². The van der Waals surface area contributed by atoms with E-state index >= 15 is 0 Å². The number of anilines is 1. The average molecular weight is 392 g/mol. The van der Waals surface area contributed by atoms with Crippen molar-refractivity contribution in [1.29, 1.82) is 0 Å². The van der Waals surface area contributed by atoms with E-state index in [1.54, 1.807) is 41.1 Å². The number of pyridine rings is 1. The SMILES string of the molecule is Cc1cnccc1C(=O)Nc1ccc(-c2sc(-c3nccs3)cc2C)cc1. The Morgan fingerprint density at radius 3 is 2.56 bits per heavy atom. The Bertz CT molecular complexity index is 1080. The quantitative estimate of drug-likeness (QED) is 0.478. The van der Waals surface area contributed by atoms with Gasteiger partial charge in [-0.1, -0.05) is 12.1 Å². The van der Waals surface area contributed by atoms with Crippen LogP contribution >= 0.6 is 22.7 Å². The molecule has 0 aliphatic heterocycles. The Hall–Kier alpha value is -2.83. The van der Waals surface area contributed by atoms with Gasteiger partial charge in [-0.05, 0) is 54.8 Å². The van der Waals surface area contributed by atoms with E-state index < -0.39 is 0 Å². The van der Waals surface area contributed by atoms with E-state index in [1.165, 1.54) is 15.3 Å². The van der Waals surface area contributed by atoms with Gasteiger partial charge in [0.25, 0.3) is 5.91 Å². The maximum Gasteiger partial charge on any atom is 0.256 e. The molecule has 1 aromatic carbocycles. The third kappa shape index (κ3) is 3.67. The number of thiazole rings is 1. The van der Waals surface area contributed by atoms with Gasteiger partial charge in [0.2, 0.25) is 0 Å². The number of carbonyl (C=O) groups excluding carboxylic acids is 1. The summed E-state index contributed by atoms with van der Waals surface area (Å²) in [5.41, 5.74) is 4.63. The van der Waals surface area contributed by atoms with Gasteiger partial charge >= 0.3 is 0 Å². The summed E-state index contributed by atoms with van der Waals surface area (Å²) in [6.45, 7) is 4.00. The molecule has 1 N–H and O–H groups in total. The molecule has 3 aromatic heterocycles. The molecule has 0 fully saturated rings. The molecule has 3 heterocycles. The number of nitrogens with one attached hydrogen (secondary N) is 1. The first-order valence-corrected chi connectivity index (χ1v) is 10.1. The molecule has 0 saturated carbocycles. The number of amides is 1. The predicted octanol–water partition coefficient (Wildman–Crippen LogP) is 5.80. The minimum atomic E-state index is -0.124. The van der Waals surface area contributed by atoms with Crippen LogP contribution in [-0.4, -0.2) is 15.9 Å². The number of carbonyl (C=O) groups is 1. The summed E-state index contributed by atoms with van der Waals surface area (Å²) >= 11 is 3.39. The summed E-state index contributed by atoms with van der Waals surface area (Å²) < 4.78 is 0. The van der Waals surface area contributed by atoms with Gasteiger partial charge in [-0.2, -0.15) is 0 Å². The Morgan fingerprint density at radius 1 is 1.04 bits per heavy atom. The largest absolute Gasteiger partial charge is 0.322 e. The molecule has 6 heteroatoms. The molecule has 0 atom stereocenters. The molecule has 27 heavy (non-hydrogen) atoms. The standard InChI is InChI=1S/C21H17N3OS2/c1-13-11-18(21-23-9-10-26-21)27-19(13)15-3-5-16(6-4-15)24-20(25)17-7-8-22-12-14(17)2/h3-12H,1-2H3,(H,24,25). The van der Waals surface area contributed by atoms with E-state index in [-0.39, 0.29) is 5.91 Å². The van der Waals surface area contributed by atoms with Crippen molar-refractivity contribution in [3.05, 3.63) is 77.1 Å². The summed E-state index contributed by atoms with van der Waals surface area (Å²) in [4.78, 5) is 23.3.